The van der Waals surface area contributed by atoms with E-state index in [-0.39, 0.29) is 0 Å². The molecule has 0 radical (unpaired) electrons. The predicted octanol–water partition coefficient (Wildman–Crippen LogP) is 3.20. The van der Waals surface area contributed by atoms with Crippen LogP contribution in [0.3, 0.4) is 0 Å². The van der Waals surface area contributed by atoms with Gasteiger partial charge in [-0.2, -0.15) is 0 Å². The minimum absolute atomic E-state index is 0.378. The molecule has 0 spiro atoms. The van der Waals surface area contributed by atoms with Crippen molar-refractivity contribution in [2.24, 2.45) is 11.3 Å². The molecule has 0 bridgehead atoms. The Labute approximate surface area is 121 Å². The smallest absolute Gasteiger partial charge is 0.315 e. The van der Waals surface area contributed by atoms with Crippen molar-refractivity contribution in [3.05, 3.63) is 5.89 Å². The van der Waals surface area contributed by atoms with Crippen LogP contribution in [0.4, 0.5) is 6.01 Å². The molecular weight excluding hydrogens is 252 g/mol. The molecule has 1 aliphatic rings. The molecule has 5 heteroatoms. The molecule has 5 nitrogen and oxygen atoms in total. The van der Waals surface area contributed by atoms with Gasteiger partial charge in [-0.15, -0.1) is 5.10 Å². The molecule has 1 saturated carbocycles. The van der Waals surface area contributed by atoms with Gasteiger partial charge in [-0.05, 0) is 30.7 Å². The first-order chi connectivity index (χ1) is 9.57. The quantitative estimate of drug-likeness (QED) is 0.803. The van der Waals surface area contributed by atoms with Gasteiger partial charge in [0.05, 0.1) is 6.54 Å². The highest BCUT2D eigenvalue weighted by Gasteiger charge is 2.27. The lowest BCUT2D eigenvalue weighted by atomic mass is 9.76. The van der Waals surface area contributed by atoms with Crippen LogP contribution in [0, 0.1) is 11.3 Å². The first kappa shape index (κ1) is 15.3. The molecular formula is C15H28N4O. The zero-order valence-electron chi connectivity index (χ0n) is 13.0. The third-order valence-corrected chi connectivity index (χ3v) is 4.02. The summed E-state index contributed by atoms with van der Waals surface area (Å²) in [6, 6.07) is 0.554. The molecule has 0 aliphatic heterocycles. The fourth-order valence-corrected chi connectivity index (χ4v) is 2.74. The highest BCUT2D eigenvalue weighted by Crippen LogP contribution is 2.35. The monoisotopic (exact) mass is 280 g/mol. The van der Waals surface area contributed by atoms with E-state index in [0.717, 1.165) is 13.1 Å². The topological polar surface area (TPSA) is 63.0 Å². The van der Waals surface area contributed by atoms with Crippen molar-refractivity contribution < 1.29 is 4.42 Å². The van der Waals surface area contributed by atoms with Gasteiger partial charge in [-0.3, -0.25) is 0 Å². The zero-order valence-corrected chi connectivity index (χ0v) is 13.0. The van der Waals surface area contributed by atoms with E-state index in [1.165, 1.54) is 32.1 Å². The lowest BCUT2D eigenvalue weighted by molar-refractivity contribution is 0.231. The molecule has 2 rings (SSSR count). The lowest BCUT2D eigenvalue weighted by Crippen LogP contribution is -2.28. The van der Waals surface area contributed by atoms with Gasteiger partial charge in [0.2, 0.25) is 5.89 Å². The molecule has 114 valence electrons. The van der Waals surface area contributed by atoms with Gasteiger partial charge in [0.25, 0.3) is 0 Å². The van der Waals surface area contributed by atoms with Crippen LogP contribution in [0.25, 0.3) is 0 Å². The second-order valence-electron chi connectivity index (χ2n) is 6.75. The molecule has 0 saturated heterocycles. The Hall–Kier alpha value is -1.10. The molecule has 20 heavy (non-hydrogen) atoms. The van der Waals surface area contributed by atoms with E-state index in [2.05, 4.69) is 41.6 Å². The normalized spacial score (nSPS) is 18.4. The predicted molar refractivity (Wildman–Crippen MR) is 80.5 cm³/mol. The number of nitrogens with one attached hydrogen (secondary N) is 2. The average Bonchev–Trinajstić information content (AvgIpc) is 2.85. The molecule has 1 heterocycles. The van der Waals surface area contributed by atoms with Crippen LogP contribution in [0.5, 0.6) is 0 Å². The number of anilines is 1. The van der Waals surface area contributed by atoms with E-state index in [1.54, 1.807) is 0 Å². The maximum Gasteiger partial charge on any atom is 0.315 e. The fraction of sp³-hybridized carbons (Fsp3) is 0.867. The van der Waals surface area contributed by atoms with Crippen LogP contribution >= 0.6 is 0 Å². The summed E-state index contributed by atoms with van der Waals surface area (Å²) in [4.78, 5) is 0. The summed E-state index contributed by atoms with van der Waals surface area (Å²) in [5.74, 6) is 1.28. The molecule has 1 aromatic heterocycles. The Morgan fingerprint density at radius 1 is 1.20 bits per heavy atom. The van der Waals surface area contributed by atoms with Crippen LogP contribution in [-0.4, -0.2) is 23.3 Å². The molecule has 0 unspecified atom stereocenters. The maximum absolute atomic E-state index is 5.61. The Kier molecular flexibility index (Phi) is 5.40. The second kappa shape index (κ2) is 7.07. The number of aromatic nitrogens is 2. The standard InChI is InChI=1S/C15H28N4O/c1-12(2)9-16-10-13-18-19-14(20-13)17-11-15(3)7-5-4-6-8-15/h12,16H,4-11H2,1-3H3,(H,17,19). The van der Waals surface area contributed by atoms with Crippen molar-refractivity contribution in [2.45, 2.75) is 59.4 Å². The number of nitrogens with zero attached hydrogens (tertiary/aromatic N) is 2. The van der Waals surface area contributed by atoms with Gasteiger partial charge < -0.3 is 15.1 Å². The Morgan fingerprint density at radius 2 is 1.95 bits per heavy atom. The third-order valence-electron chi connectivity index (χ3n) is 4.02. The van der Waals surface area contributed by atoms with Crippen molar-refractivity contribution >= 4 is 6.01 Å². The highest BCUT2D eigenvalue weighted by atomic mass is 16.4. The summed E-state index contributed by atoms with van der Waals surface area (Å²) < 4.78 is 5.61. The van der Waals surface area contributed by atoms with Gasteiger partial charge in [0.1, 0.15) is 0 Å². The molecule has 1 fully saturated rings. The van der Waals surface area contributed by atoms with Crippen molar-refractivity contribution in [1.29, 1.82) is 0 Å². The molecule has 0 amide bonds. The van der Waals surface area contributed by atoms with E-state index in [1.807, 2.05) is 0 Å². The summed E-state index contributed by atoms with van der Waals surface area (Å²) >= 11 is 0. The van der Waals surface area contributed by atoms with Crippen LogP contribution in [0.15, 0.2) is 4.42 Å². The second-order valence-corrected chi connectivity index (χ2v) is 6.75. The maximum atomic E-state index is 5.61. The van der Waals surface area contributed by atoms with Crippen molar-refractivity contribution in [3.63, 3.8) is 0 Å². The first-order valence-electron chi connectivity index (χ1n) is 7.84. The van der Waals surface area contributed by atoms with Gasteiger partial charge in [-0.25, -0.2) is 0 Å². The lowest BCUT2D eigenvalue weighted by Gasteiger charge is -2.33. The van der Waals surface area contributed by atoms with E-state index in [4.69, 9.17) is 4.42 Å². The number of rotatable bonds is 7. The number of hydrogen-bond donors (Lipinski definition) is 2. The molecule has 1 aromatic rings. The van der Waals surface area contributed by atoms with Gasteiger partial charge in [-0.1, -0.05) is 45.1 Å². The Bertz CT molecular complexity index is 396. The summed E-state index contributed by atoms with van der Waals surface area (Å²) in [5, 5.41) is 14.7. The third kappa shape index (κ3) is 4.78. The van der Waals surface area contributed by atoms with Crippen molar-refractivity contribution in [2.75, 3.05) is 18.4 Å². The molecule has 2 N–H and O–H groups in total. The summed E-state index contributed by atoms with van der Waals surface area (Å²) in [7, 11) is 0. The van der Waals surface area contributed by atoms with Crippen LogP contribution in [0.1, 0.15) is 58.8 Å². The molecule has 0 aromatic carbocycles. The van der Waals surface area contributed by atoms with E-state index in [9.17, 15) is 0 Å². The summed E-state index contributed by atoms with van der Waals surface area (Å²) in [6.07, 6.45) is 6.63. The molecule has 0 atom stereocenters. The Balaban J connectivity index is 1.74. The average molecular weight is 280 g/mol. The van der Waals surface area contributed by atoms with E-state index >= 15 is 0 Å². The minimum atomic E-state index is 0.378. The van der Waals surface area contributed by atoms with Crippen molar-refractivity contribution in [1.82, 2.24) is 15.5 Å². The van der Waals surface area contributed by atoms with Crippen LogP contribution < -0.4 is 10.6 Å². The highest BCUT2D eigenvalue weighted by molar-refractivity contribution is 5.17. The van der Waals surface area contributed by atoms with E-state index < -0.39 is 0 Å². The SMILES string of the molecule is CC(C)CNCc1nnc(NCC2(C)CCCCC2)o1. The summed E-state index contributed by atoms with van der Waals surface area (Å²) in [5.41, 5.74) is 0.378. The minimum Gasteiger partial charge on any atom is -0.407 e. The molecule has 1 aliphatic carbocycles. The first-order valence-corrected chi connectivity index (χ1v) is 7.84. The van der Waals surface area contributed by atoms with Crippen LogP contribution in [-0.2, 0) is 6.54 Å². The summed E-state index contributed by atoms with van der Waals surface area (Å²) in [6.45, 7) is 9.24. The van der Waals surface area contributed by atoms with Gasteiger partial charge in [0, 0.05) is 6.54 Å². The van der Waals surface area contributed by atoms with Gasteiger partial charge >= 0.3 is 6.01 Å². The fourth-order valence-electron chi connectivity index (χ4n) is 2.74. The van der Waals surface area contributed by atoms with Gasteiger partial charge in [0.15, 0.2) is 0 Å². The number of hydrogen-bond acceptors (Lipinski definition) is 5. The van der Waals surface area contributed by atoms with E-state index in [0.29, 0.717) is 29.8 Å². The Morgan fingerprint density at radius 3 is 2.65 bits per heavy atom. The van der Waals surface area contributed by atoms with Crippen molar-refractivity contribution in [3.8, 4) is 0 Å². The van der Waals surface area contributed by atoms with Crippen LogP contribution in [0.2, 0.25) is 0 Å². The zero-order chi connectivity index (χ0) is 14.4. The largest absolute Gasteiger partial charge is 0.407 e.